The highest BCUT2D eigenvalue weighted by Gasteiger charge is 2.42. The number of allylic oxidation sites excluding steroid dienone is 1. The molecule has 8 heteroatoms. The Labute approximate surface area is 235 Å². The zero-order chi connectivity index (χ0) is 29.7. The van der Waals surface area contributed by atoms with Gasteiger partial charge in [0.15, 0.2) is 19.8 Å². The average Bonchev–Trinajstić information content (AvgIpc) is 2.71. The molecule has 0 aliphatic rings. The monoisotopic (exact) mass is 565 g/mol. The van der Waals surface area contributed by atoms with Crippen molar-refractivity contribution in [1.82, 2.24) is 5.32 Å². The predicted molar refractivity (Wildman–Crippen MR) is 165 cm³/mol. The summed E-state index contributed by atoms with van der Waals surface area (Å²) in [6, 6.07) is 4.06. The second-order valence-corrected chi connectivity index (χ2v) is 23.6. The van der Waals surface area contributed by atoms with Crippen LogP contribution in [0.2, 0.25) is 36.3 Å². The minimum absolute atomic E-state index is 0.0217. The lowest BCUT2D eigenvalue weighted by Gasteiger charge is -2.41. The molecule has 1 N–H and O–H groups in total. The summed E-state index contributed by atoms with van der Waals surface area (Å²) >= 11 is 0. The number of carbonyl (C=O) groups excluding carboxylic acids is 1. The van der Waals surface area contributed by atoms with Gasteiger partial charge in [-0.05, 0) is 81.5 Å². The number of hydrogen-bond donors (Lipinski definition) is 1. The van der Waals surface area contributed by atoms with Crippen LogP contribution in [0.5, 0.6) is 11.5 Å². The summed E-state index contributed by atoms with van der Waals surface area (Å²) < 4.78 is 25.1. The Balaban J connectivity index is 3.61. The first-order valence-electron chi connectivity index (χ1n) is 13.7. The molecule has 0 bridgehead atoms. The lowest BCUT2D eigenvalue weighted by molar-refractivity contribution is 0.0519. The molecular formula is C30H55NO5Si2. The van der Waals surface area contributed by atoms with E-state index < -0.39 is 28.3 Å². The Morgan fingerprint density at radius 3 is 1.97 bits per heavy atom. The van der Waals surface area contributed by atoms with Crippen molar-refractivity contribution in [1.29, 1.82) is 0 Å². The maximum absolute atomic E-state index is 12.4. The van der Waals surface area contributed by atoms with Crippen molar-refractivity contribution in [3.05, 3.63) is 35.9 Å². The first-order chi connectivity index (χ1) is 17.1. The lowest BCUT2D eigenvalue weighted by atomic mass is 9.96. The van der Waals surface area contributed by atoms with Gasteiger partial charge in [0, 0.05) is 12.1 Å². The number of hydrogen-bond acceptors (Lipinski definition) is 5. The second-order valence-electron chi connectivity index (χ2n) is 14.1. The van der Waals surface area contributed by atoms with Crippen molar-refractivity contribution in [3.8, 4) is 11.5 Å². The SMILES string of the molecule is C=CCc1c(C(CCNC(=O)OC(C)(C)C)O[Si](C)(C)C(C)(C)C)ccc(OC)c1O[Si](C)(C)C(C)(C)C. The zero-order valence-corrected chi connectivity index (χ0v) is 28.7. The largest absolute Gasteiger partial charge is 0.541 e. The van der Waals surface area contributed by atoms with Crippen molar-refractivity contribution in [2.75, 3.05) is 13.7 Å². The molecule has 0 aliphatic carbocycles. The van der Waals surface area contributed by atoms with Crippen LogP contribution in [-0.2, 0) is 15.6 Å². The normalized spacial score (nSPS) is 14.1. The van der Waals surface area contributed by atoms with Gasteiger partial charge in [-0.2, -0.15) is 0 Å². The Morgan fingerprint density at radius 1 is 0.974 bits per heavy atom. The summed E-state index contributed by atoms with van der Waals surface area (Å²) in [6.07, 6.45) is 2.45. The number of alkyl carbamates (subject to hydrolysis) is 1. The molecule has 0 aromatic heterocycles. The number of amides is 1. The molecule has 0 aliphatic heterocycles. The fraction of sp³-hybridized carbons (Fsp3) is 0.700. The maximum Gasteiger partial charge on any atom is 0.407 e. The van der Waals surface area contributed by atoms with Crippen LogP contribution in [0.1, 0.15) is 86.0 Å². The summed E-state index contributed by atoms with van der Waals surface area (Å²) in [5, 5.41) is 2.96. The van der Waals surface area contributed by atoms with E-state index in [0.717, 1.165) is 16.9 Å². The van der Waals surface area contributed by atoms with Gasteiger partial charge in [-0.1, -0.05) is 53.7 Å². The number of rotatable bonds is 11. The molecule has 38 heavy (non-hydrogen) atoms. The third-order valence-corrected chi connectivity index (χ3v) is 16.5. The topological polar surface area (TPSA) is 66.0 Å². The molecule has 218 valence electrons. The van der Waals surface area contributed by atoms with E-state index in [9.17, 15) is 4.79 Å². The van der Waals surface area contributed by atoms with E-state index in [2.05, 4.69) is 85.7 Å². The third-order valence-electron chi connectivity index (χ3n) is 7.66. The molecule has 0 saturated heterocycles. The average molecular weight is 566 g/mol. The molecule has 1 amide bonds. The standard InChI is InChI=1S/C30H55NO5Si2/c1-16-17-23-22(18-19-25(33-11)26(23)36-38(14,15)30(8,9)10)24(35-37(12,13)29(5,6)7)20-21-31-27(32)34-28(2,3)4/h16,18-19,24H,1,17,20-21H2,2-15H3,(H,31,32). The first-order valence-corrected chi connectivity index (χ1v) is 19.5. The summed E-state index contributed by atoms with van der Waals surface area (Å²) in [6.45, 7) is 32.4. The third kappa shape index (κ3) is 9.45. The van der Waals surface area contributed by atoms with Gasteiger partial charge in [-0.3, -0.25) is 0 Å². The van der Waals surface area contributed by atoms with E-state index in [-0.39, 0.29) is 16.2 Å². The Morgan fingerprint density at radius 2 is 1.53 bits per heavy atom. The Bertz CT molecular complexity index is 953. The van der Waals surface area contributed by atoms with Crippen molar-refractivity contribution in [2.45, 2.75) is 123 Å². The van der Waals surface area contributed by atoms with E-state index in [4.69, 9.17) is 18.3 Å². The lowest BCUT2D eigenvalue weighted by Crippen LogP contribution is -2.44. The van der Waals surface area contributed by atoms with Gasteiger partial charge in [-0.15, -0.1) is 6.58 Å². The number of ether oxygens (including phenoxy) is 2. The Kier molecular flexibility index (Phi) is 11.4. The van der Waals surface area contributed by atoms with E-state index in [1.165, 1.54) is 0 Å². The van der Waals surface area contributed by atoms with Gasteiger partial charge < -0.3 is 23.6 Å². The summed E-state index contributed by atoms with van der Waals surface area (Å²) in [5.41, 5.74) is 1.53. The molecule has 1 unspecified atom stereocenters. The van der Waals surface area contributed by atoms with Crippen molar-refractivity contribution in [2.24, 2.45) is 0 Å². The van der Waals surface area contributed by atoms with Crippen molar-refractivity contribution < 1.29 is 23.1 Å². The molecule has 1 aromatic carbocycles. The van der Waals surface area contributed by atoms with Crippen LogP contribution in [0.4, 0.5) is 4.79 Å². The molecule has 0 fully saturated rings. The highest BCUT2D eigenvalue weighted by atomic mass is 28.4. The predicted octanol–water partition coefficient (Wildman–Crippen LogP) is 8.79. The number of methoxy groups -OCH3 is 1. The zero-order valence-electron chi connectivity index (χ0n) is 26.7. The summed E-state index contributed by atoms with van der Waals surface area (Å²) in [4.78, 5) is 12.4. The van der Waals surface area contributed by atoms with Gasteiger partial charge in [0.1, 0.15) is 5.60 Å². The van der Waals surface area contributed by atoms with Gasteiger partial charge >= 0.3 is 6.09 Å². The van der Waals surface area contributed by atoms with E-state index in [1.807, 2.05) is 32.9 Å². The quantitative estimate of drug-likeness (QED) is 0.214. The molecule has 1 atom stereocenters. The number of carbonyl (C=O) groups is 1. The minimum Gasteiger partial charge on any atom is -0.541 e. The fourth-order valence-electron chi connectivity index (χ4n) is 3.39. The number of nitrogens with one attached hydrogen (secondary N) is 1. The number of benzene rings is 1. The van der Waals surface area contributed by atoms with Crippen LogP contribution >= 0.6 is 0 Å². The van der Waals surface area contributed by atoms with Gasteiger partial charge in [0.2, 0.25) is 0 Å². The molecular weight excluding hydrogens is 511 g/mol. The first kappa shape index (κ1) is 34.3. The van der Waals surface area contributed by atoms with Gasteiger partial charge in [-0.25, -0.2) is 4.79 Å². The van der Waals surface area contributed by atoms with Crippen LogP contribution in [0.25, 0.3) is 0 Å². The fourth-order valence-corrected chi connectivity index (χ4v) is 5.74. The van der Waals surface area contributed by atoms with Gasteiger partial charge in [0.05, 0.1) is 13.2 Å². The van der Waals surface area contributed by atoms with Crippen LogP contribution < -0.4 is 14.5 Å². The van der Waals surface area contributed by atoms with Crippen LogP contribution in [0, 0.1) is 0 Å². The summed E-state index contributed by atoms with van der Waals surface area (Å²) in [7, 11) is -2.65. The maximum atomic E-state index is 12.4. The Hall–Kier alpha value is -1.78. The smallest absolute Gasteiger partial charge is 0.407 e. The van der Waals surface area contributed by atoms with E-state index >= 15 is 0 Å². The van der Waals surface area contributed by atoms with E-state index in [0.29, 0.717) is 25.1 Å². The molecule has 1 aromatic rings. The minimum atomic E-state index is -2.17. The van der Waals surface area contributed by atoms with Crippen molar-refractivity contribution >= 4 is 22.7 Å². The van der Waals surface area contributed by atoms with Crippen LogP contribution in [-0.4, -0.2) is 42.0 Å². The van der Waals surface area contributed by atoms with Gasteiger partial charge in [0.25, 0.3) is 8.32 Å². The van der Waals surface area contributed by atoms with Crippen LogP contribution in [0.3, 0.4) is 0 Å². The molecule has 0 spiro atoms. The second kappa shape index (κ2) is 12.6. The molecule has 0 saturated carbocycles. The highest BCUT2D eigenvalue weighted by molar-refractivity contribution is 6.75. The summed E-state index contributed by atoms with van der Waals surface area (Å²) in [5.74, 6) is 1.49. The van der Waals surface area contributed by atoms with Crippen LogP contribution in [0.15, 0.2) is 24.8 Å². The molecule has 1 rings (SSSR count). The molecule has 6 nitrogen and oxygen atoms in total. The highest BCUT2D eigenvalue weighted by Crippen LogP contribution is 2.46. The molecule has 0 heterocycles. The molecule has 0 radical (unpaired) electrons. The van der Waals surface area contributed by atoms with Crippen molar-refractivity contribution in [3.63, 3.8) is 0 Å². The van der Waals surface area contributed by atoms with E-state index in [1.54, 1.807) is 7.11 Å².